The van der Waals surface area contributed by atoms with Gasteiger partial charge in [0.05, 0.1) is 12.1 Å². The lowest BCUT2D eigenvalue weighted by Crippen LogP contribution is -2.46. The number of rotatable bonds is 3. The minimum atomic E-state index is 0.104. The molecule has 0 aliphatic carbocycles. The number of nitrogens with zero attached hydrogens (tertiary/aromatic N) is 3. The molecule has 1 aliphatic rings. The minimum Gasteiger partial charge on any atom is -0.364 e. The third-order valence-corrected chi connectivity index (χ3v) is 5.01. The van der Waals surface area contributed by atoms with E-state index in [-0.39, 0.29) is 5.56 Å². The number of hydrogen-bond acceptors (Lipinski definition) is 3. The molecule has 0 saturated carbocycles. The molecule has 0 radical (unpaired) electrons. The monoisotopic (exact) mass is 333 g/mol. The predicted molar refractivity (Wildman–Crippen MR) is 103 cm³/mol. The van der Waals surface area contributed by atoms with Gasteiger partial charge in [-0.05, 0) is 24.7 Å². The van der Waals surface area contributed by atoms with Crippen LogP contribution in [0.5, 0.6) is 0 Å². The number of pyridine rings is 1. The van der Waals surface area contributed by atoms with Crippen molar-refractivity contribution in [2.45, 2.75) is 6.54 Å². The molecule has 1 fully saturated rings. The lowest BCUT2D eigenvalue weighted by Gasteiger charge is -2.34. The molecule has 0 amide bonds. The maximum Gasteiger partial charge on any atom is 0.274 e. The lowest BCUT2D eigenvalue weighted by atomic mass is 10.1. The van der Waals surface area contributed by atoms with Crippen LogP contribution in [-0.4, -0.2) is 42.7 Å². The summed E-state index contributed by atoms with van der Waals surface area (Å²) >= 11 is 0. The Hall–Kier alpha value is -2.59. The summed E-state index contributed by atoms with van der Waals surface area (Å²) in [6, 6.07) is 20.4. The van der Waals surface area contributed by atoms with Crippen molar-refractivity contribution < 1.29 is 0 Å². The van der Waals surface area contributed by atoms with Crippen LogP contribution in [0.15, 0.2) is 65.5 Å². The van der Waals surface area contributed by atoms with E-state index >= 15 is 0 Å². The Morgan fingerprint density at radius 1 is 0.880 bits per heavy atom. The first-order valence-electron chi connectivity index (χ1n) is 8.82. The van der Waals surface area contributed by atoms with Gasteiger partial charge >= 0.3 is 0 Å². The van der Waals surface area contributed by atoms with Gasteiger partial charge in [0, 0.05) is 31.6 Å². The van der Waals surface area contributed by atoms with Gasteiger partial charge < -0.3 is 14.4 Å². The average Bonchev–Trinajstić information content (AvgIpc) is 2.65. The van der Waals surface area contributed by atoms with Crippen LogP contribution in [0.3, 0.4) is 0 Å². The quantitative estimate of drug-likeness (QED) is 0.738. The molecule has 0 spiro atoms. The van der Waals surface area contributed by atoms with E-state index < -0.39 is 0 Å². The number of aromatic nitrogens is 1. The number of fused-ring (bicyclic) bond motifs is 1. The number of anilines is 1. The third kappa shape index (κ3) is 3.17. The van der Waals surface area contributed by atoms with E-state index in [1.165, 1.54) is 0 Å². The van der Waals surface area contributed by atoms with Gasteiger partial charge in [-0.1, -0.05) is 48.5 Å². The Balaban J connectivity index is 1.82. The molecule has 4 nitrogen and oxygen atoms in total. The molecule has 0 atom stereocenters. The maximum absolute atomic E-state index is 13.3. The second-order valence-corrected chi connectivity index (χ2v) is 6.76. The van der Waals surface area contributed by atoms with Crippen molar-refractivity contribution in [2.24, 2.45) is 0 Å². The standard InChI is InChI=1S/C21H23N3O/c1-22-11-13-23(14-12-22)20-15-18-9-5-6-10-19(18)24(21(20)25)16-17-7-3-2-4-8-17/h2-10,15H,11-14,16H2,1H3. The first-order valence-corrected chi connectivity index (χ1v) is 8.82. The molecular weight excluding hydrogens is 310 g/mol. The second kappa shape index (κ2) is 6.73. The van der Waals surface area contributed by atoms with Gasteiger partial charge in [0.15, 0.2) is 0 Å². The fraction of sp³-hybridized carbons (Fsp3) is 0.286. The predicted octanol–water partition coefficient (Wildman–Crippen LogP) is 2.80. The summed E-state index contributed by atoms with van der Waals surface area (Å²) in [5, 5.41) is 1.12. The topological polar surface area (TPSA) is 28.5 Å². The molecule has 1 aromatic heterocycles. The molecule has 2 aromatic carbocycles. The van der Waals surface area contributed by atoms with Crippen molar-refractivity contribution in [3.63, 3.8) is 0 Å². The first-order chi connectivity index (χ1) is 12.2. The van der Waals surface area contributed by atoms with Crippen LogP contribution in [-0.2, 0) is 6.54 Å². The van der Waals surface area contributed by atoms with Crippen LogP contribution in [0.25, 0.3) is 10.9 Å². The second-order valence-electron chi connectivity index (χ2n) is 6.76. The summed E-state index contributed by atoms with van der Waals surface area (Å²) in [7, 11) is 2.13. The normalized spacial score (nSPS) is 15.6. The zero-order valence-electron chi connectivity index (χ0n) is 14.6. The van der Waals surface area contributed by atoms with E-state index in [0.29, 0.717) is 6.54 Å². The van der Waals surface area contributed by atoms with Crippen LogP contribution in [0, 0.1) is 0 Å². The molecule has 25 heavy (non-hydrogen) atoms. The minimum absolute atomic E-state index is 0.104. The molecule has 4 rings (SSSR count). The van der Waals surface area contributed by atoms with Crippen molar-refractivity contribution in [1.29, 1.82) is 0 Å². The van der Waals surface area contributed by atoms with Gasteiger partial charge in [-0.25, -0.2) is 0 Å². The SMILES string of the molecule is CN1CCN(c2cc3ccccc3n(Cc3ccccc3)c2=O)CC1. The Kier molecular flexibility index (Phi) is 4.28. The van der Waals surface area contributed by atoms with Crippen molar-refractivity contribution in [3.8, 4) is 0 Å². The Morgan fingerprint density at radius 3 is 2.32 bits per heavy atom. The molecule has 3 aromatic rings. The van der Waals surface area contributed by atoms with Crippen molar-refractivity contribution in [2.75, 3.05) is 38.1 Å². The van der Waals surface area contributed by atoms with Gasteiger partial charge in [0.25, 0.3) is 5.56 Å². The third-order valence-electron chi connectivity index (χ3n) is 5.01. The number of para-hydroxylation sites is 1. The van der Waals surface area contributed by atoms with E-state index in [2.05, 4.69) is 41.1 Å². The number of benzene rings is 2. The smallest absolute Gasteiger partial charge is 0.274 e. The molecule has 0 bridgehead atoms. The van der Waals surface area contributed by atoms with Crippen molar-refractivity contribution in [3.05, 3.63) is 76.6 Å². The Labute approximate surface area is 147 Å². The number of hydrogen-bond donors (Lipinski definition) is 0. The highest BCUT2D eigenvalue weighted by Crippen LogP contribution is 2.20. The van der Waals surface area contributed by atoms with Gasteiger partial charge in [-0.15, -0.1) is 0 Å². The van der Waals surface area contributed by atoms with Crippen molar-refractivity contribution >= 4 is 16.6 Å². The van der Waals surface area contributed by atoms with Crippen LogP contribution < -0.4 is 10.5 Å². The summed E-state index contributed by atoms with van der Waals surface area (Å²) in [4.78, 5) is 17.8. The highest BCUT2D eigenvalue weighted by atomic mass is 16.1. The summed E-state index contributed by atoms with van der Waals surface area (Å²) in [5.41, 5.74) is 3.06. The molecule has 128 valence electrons. The average molecular weight is 333 g/mol. The van der Waals surface area contributed by atoms with Gasteiger partial charge in [-0.3, -0.25) is 4.79 Å². The molecule has 0 unspecified atom stereocenters. The van der Waals surface area contributed by atoms with E-state index in [1.807, 2.05) is 41.0 Å². The van der Waals surface area contributed by atoms with Crippen LogP contribution in [0.1, 0.15) is 5.56 Å². The zero-order valence-corrected chi connectivity index (χ0v) is 14.6. The molecule has 4 heteroatoms. The molecule has 1 saturated heterocycles. The summed E-state index contributed by atoms with van der Waals surface area (Å²) in [6.45, 7) is 4.38. The van der Waals surface area contributed by atoms with E-state index in [0.717, 1.165) is 48.3 Å². The summed E-state index contributed by atoms with van der Waals surface area (Å²) in [5.74, 6) is 0. The lowest BCUT2D eigenvalue weighted by molar-refractivity contribution is 0.312. The zero-order chi connectivity index (χ0) is 17.2. The fourth-order valence-corrected chi connectivity index (χ4v) is 3.51. The number of piperazine rings is 1. The summed E-state index contributed by atoms with van der Waals surface area (Å²) in [6.07, 6.45) is 0. The Morgan fingerprint density at radius 2 is 1.56 bits per heavy atom. The molecule has 0 N–H and O–H groups in total. The van der Waals surface area contributed by atoms with Crippen molar-refractivity contribution in [1.82, 2.24) is 9.47 Å². The van der Waals surface area contributed by atoms with E-state index in [1.54, 1.807) is 0 Å². The first kappa shape index (κ1) is 15.9. The van der Waals surface area contributed by atoms with E-state index in [4.69, 9.17) is 0 Å². The molecule has 1 aliphatic heterocycles. The van der Waals surface area contributed by atoms with Gasteiger partial charge in [0.2, 0.25) is 0 Å². The van der Waals surface area contributed by atoms with Gasteiger partial charge in [-0.2, -0.15) is 0 Å². The van der Waals surface area contributed by atoms with E-state index in [9.17, 15) is 4.79 Å². The van der Waals surface area contributed by atoms with Gasteiger partial charge in [0.1, 0.15) is 5.69 Å². The maximum atomic E-state index is 13.3. The highest BCUT2D eigenvalue weighted by Gasteiger charge is 2.19. The van der Waals surface area contributed by atoms with Crippen LogP contribution in [0.2, 0.25) is 0 Å². The Bertz CT molecular complexity index is 925. The fourth-order valence-electron chi connectivity index (χ4n) is 3.51. The largest absolute Gasteiger partial charge is 0.364 e. The number of likely N-dealkylation sites (N-methyl/N-ethyl adjacent to an activating group) is 1. The van der Waals surface area contributed by atoms with Crippen LogP contribution in [0.4, 0.5) is 5.69 Å². The molecular formula is C21H23N3O. The summed E-state index contributed by atoms with van der Waals surface area (Å²) < 4.78 is 1.92. The highest BCUT2D eigenvalue weighted by molar-refractivity contribution is 5.82. The van der Waals surface area contributed by atoms with Crippen LogP contribution >= 0.6 is 0 Å². The molecule has 2 heterocycles.